The minimum atomic E-state index is 0.349. The molecule has 4 heteroatoms. The van der Waals surface area contributed by atoms with Gasteiger partial charge in [0, 0.05) is 43.6 Å². The highest BCUT2D eigenvalue weighted by Crippen LogP contribution is 2.49. The molecule has 1 saturated carbocycles. The second kappa shape index (κ2) is 6.99. The first-order valence-corrected chi connectivity index (χ1v) is 8.93. The van der Waals surface area contributed by atoms with Gasteiger partial charge in [-0.25, -0.2) is 0 Å². The number of ether oxygens (including phenoxy) is 1. The molecule has 2 aromatic rings. The predicted molar refractivity (Wildman–Crippen MR) is 93.2 cm³/mol. The van der Waals surface area contributed by atoms with E-state index in [0.717, 1.165) is 25.6 Å². The molecule has 1 saturated heterocycles. The first-order valence-electron chi connectivity index (χ1n) is 8.93. The molecule has 4 rings (SSSR count). The average Bonchev–Trinajstić information content (AvgIpc) is 3.13. The van der Waals surface area contributed by atoms with Crippen LogP contribution in [-0.2, 0) is 17.9 Å². The predicted octanol–water partition coefficient (Wildman–Crippen LogP) is 3.30. The zero-order valence-electron chi connectivity index (χ0n) is 14.1. The maximum absolute atomic E-state index is 6.14. The SMILES string of the molecule is c1ccc(CN2C[C@H]3CCC[C@@]3(COCc3ccncc3)C2)nc1. The molecule has 2 aromatic heterocycles. The van der Waals surface area contributed by atoms with Crippen LogP contribution in [0.25, 0.3) is 0 Å². The molecule has 1 aliphatic carbocycles. The van der Waals surface area contributed by atoms with Gasteiger partial charge >= 0.3 is 0 Å². The maximum atomic E-state index is 6.14. The molecule has 0 unspecified atom stereocenters. The highest BCUT2D eigenvalue weighted by Gasteiger charge is 2.49. The quantitative estimate of drug-likeness (QED) is 0.817. The minimum Gasteiger partial charge on any atom is -0.376 e. The van der Waals surface area contributed by atoms with Crippen molar-refractivity contribution >= 4 is 0 Å². The molecule has 0 amide bonds. The Labute approximate surface area is 143 Å². The highest BCUT2D eigenvalue weighted by atomic mass is 16.5. The smallest absolute Gasteiger partial charge is 0.0718 e. The first kappa shape index (κ1) is 15.7. The van der Waals surface area contributed by atoms with Crippen molar-refractivity contribution in [2.24, 2.45) is 11.3 Å². The number of rotatable bonds is 6. The average molecular weight is 323 g/mol. The fraction of sp³-hybridized carbons (Fsp3) is 0.500. The van der Waals surface area contributed by atoms with Gasteiger partial charge in [-0.3, -0.25) is 14.9 Å². The Bertz CT molecular complexity index is 648. The summed E-state index contributed by atoms with van der Waals surface area (Å²) in [6.07, 6.45) is 9.55. The number of aromatic nitrogens is 2. The Balaban J connectivity index is 1.36. The molecule has 2 aliphatic rings. The number of likely N-dealkylation sites (tertiary alicyclic amines) is 1. The van der Waals surface area contributed by atoms with E-state index >= 15 is 0 Å². The lowest BCUT2D eigenvalue weighted by Gasteiger charge is -2.29. The molecule has 0 aromatic carbocycles. The van der Waals surface area contributed by atoms with Crippen molar-refractivity contribution in [2.75, 3.05) is 19.7 Å². The summed E-state index contributed by atoms with van der Waals surface area (Å²) in [5.41, 5.74) is 2.73. The zero-order chi connectivity index (χ0) is 16.2. The highest BCUT2D eigenvalue weighted by molar-refractivity contribution is 5.09. The zero-order valence-corrected chi connectivity index (χ0v) is 14.1. The number of fused-ring (bicyclic) bond motifs is 1. The number of nitrogens with zero attached hydrogens (tertiary/aromatic N) is 3. The van der Waals surface area contributed by atoms with Crippen molar-refractivity contribution < 1.29 is 4.74 Å². The van der Waals surface area contributed by atoms with Gasteiger partial charge in [0.05, 0.1) is 18.9 Å². The summed E-state index contributed by atoms with van der Waals surface area (Å²) in [7, 11) is 0. The third-order valence-electron chi connectivity index (χ3n) is 5.63. The van der Waals surface area contributed by atoms with Crippen molar-refractivity contribution in [3.05, 3.63) is 60.2 Å². The Morgan fingerprint density at radius 2 is 2.08 bits per heavy atom. The van der Waals surface area contributed by atoms with Crippen LogP contribution < -0.4 is 0 Å². The lowest BCUT2D eigenvalue weighted by atomic mass is 9.81. The van der Waals surface area contributed by atoms with Crippen LogP contribution in [0.5, 0.6) is 0 Å². The third kappa shape index (κ3) is 3.35. The molecular formula is C20H25N3O. The molecule has 0 bridgehead atoms. The van der Waals surface area contributed by atoms with Gasteiger partial charge < -0.3 is 4.74 Å². The molecule has 0 spiro atoms. The number of pyridine rings is 2. The van der Waals surface area contributed by atoms with Crippen molar-refractivity contribution in [3.63, 3.8) is 0 Å². The van der Waals surface area contributed by atoms with Crippen LogP contribution >= 0.6 is 0 Å². The Kier molecular flexibility index (Phi) is 4.58. The van der Waals surface area contributed by atoms with Gasteiger partial charge in [-0.1, -0.05) is 12.5 Å². The standard InChI is InChI=1S/C20H25N3O/c1-2-9-22-19(5-1)13-23-12-18-4-3-8-20(18,15-23)16-24-14-17-6-10-21-11-7-17/h1-2,5-7,9-11,18H,3-4,8,12-16H2/t18-,20+/m1/s1. The van der Waals surface area contributed by atoms with E-state index in [9.17, 15) is 0 Å². The Morgan fingerprint density at radius 3 is 2.92 bits per heavy atom. The molecule has 24 heavy (non-hydrogen) atoms. The fourth-order valence-corrected chi connectivity index (χ4v) is 4.45. The van der Waals surface area contributed by atoms with E-state index in [2.05, 4.69) is 27.0 Å². The van der Waals surface area contributed by atoms with Crippen LogP contribution in [-0.4, -0.2) is 34.6 Å². The summed E-state index contributed by atoms with van der Waals surface area (Å²) in [5.74, 6) is 0.777. The van der Waals surface area contributed by atoms with Gasteiger partial charge in [0.25, 0.3) is 0 Å². The summed E-state index contributed by atoms with van der Waals surface area (Å²) < 4.78 is 6.14. The molecule has 2 fully saturated rings. The van der Waals surface area contributed by atoms with Gasteiger partial charge in [-0.05, 0) is 48.6 Å². The lowest BCUT2D eigenvalue weighted by molar-refractivity contribution is 0.0265. The van der Waals surface area contributed by atoms with Gasteiger partial charge in [-0.2, -0.15) is 0 Å². The second-order valence-electron chi connectivity index (χ2n) is 7.29. The monoisotopic (exact) mass is 323 g/mol. The van der Waals surface area contributed by atoms with Gasteiger partial charge in [-0.15, -0.1) is 0 Å². The van der Waals surface area contributed by atoms with Crippen LogP contribution in [0.4, 0.5) is 0 Å². The largest absolute Gasteiger partial charge is 0.376 e. The maximum Gasteiger partial charge on any atom is 0.0718 e. The number of hydrogen-bond acceptors (Lipinski definition) is 4. The van der Waals surface area contributed by atoms with Crippen LogP contribution in [0.3, 0.4) is 0 Å². The van der Waals surface area contributed by atoms with Crippen molar-refractivity contribution in [1.29, 1.82) is 0 Å². The summed E-state index contributed by atoms with van der Waals surface area (Å²) >= 11 is 0. The van der Waals surface area contributed by atoms with E-state index in [1.54, 1.807) is 0 Å². The van der Waals surface area contributed by atoms with E-state index in [4.69, 9.17) is 4.74 Å². The van der Waals surface area contributed by atoms with Gasteiger partial charge in [0.1, 0.15) is 0 Å². The van der Waals surface area contributed by atoms with E-state index in [1.165, 1.54) is 37.1 Å². The lowest BCUT2D eigenvalue weighted by Crippen LogP contribution is -2.32. The normalized spacial score (nSPS) is 26.6. The topological polar surface area (TPSA) is 38.2 Å². The van der Waals surface area contributed by atoms with Crippen molar-refractivity contribution in [2.45, 2.75) is 32.4 Å². The van der Waals surface area contributed by atoms with Crippen LogP contribution in [0.2, 0.25) is 0 Å². The summed E-state index contributed by atoms with van der Waals surface area (Å²) in [6, 6.07) is 10.3. The fourth-order valence-electron chi connectivity index (χ4n) is 4.45. The molecular weight excluding hydrogens is 298 g/mol. The molecule has 1 aliphatic heterocycles. The summed E-state index contributed by atoms with van der Waals surface area (Å²) in [6.45, 7) is 4.86. The van der Waals surface area contributed by atoms with E-state index < -0.39 is 0 Å². The van der Waals surface area contributed by atoms with Crippen LogP contribution in [0, 0.1) is 11.3 Å². The van der Waals surface area contributed by atoms with E-state index in [-0.39, 0.29) is 0 Å². The van der Waals surface area contributed by atoms with Crippen LogP contribution in [0.15, 0.2) is 48.9 Å². The van der Waals surface area contributed by atoms with E-state index in [1.807, 2.05) is 36.8 Å². The van der Waals surface area contributed by atoms with Crippen molar-refractivity contribution in [3.8, 4) is 0 Å². The number of hydrogen-bond donors (Lipinski definition) is 0. The molecule has 3 heterocycles. The summed E-state index contributed by atoms with van der Waals surface area (Å²) in [5, 5.41) is 0. The molecule has 4 nitrogen and oxygen atoms in total. The van der Waals surface area contributed by atoms with Gasteiger partial charge in [0.15, 0.2) is 0 Å². The Hall–Kier alpha value is -1.78. The summed E-state index contributed by atoms with van der Waals surface area (Å²) in [4.78, 5) is 11.1. The van der Waals surface area contributed by atoms with Crippen molar-refractivity contribution in [1.82, 2.24) is 14.9 Å². The van der Waals surface area contributed by atoms with Gasteiger partial charge in [0.2, 0.25) is 0 Å². The molecule has 126 valence electrons. The minimum absolute atomic E-state index is 0.349. The van der Waals surface area contributed by atoms with E-state index in [0.29, 0.717) is 12.0 Å². The van der Waals surface area contributed by atoms with Crippen LogP contribution in [0.1, 0.15) is 30.5 Å². The third-order valence-corrected chi connectivity index (χ3v) is 5.63. The Morgan fingerprint density at radius 1 is 1.17 bits per heavy atom. The molecule has 0 radical (unpaired) electrons. The molecule has 0 N–H and O–H groups in total. The second-order valence-corrected chi connectivity index (χ2v) is 7.29. The molecule has 2 atom stereocenters. The first-order chi connectivity index (χ1) is 11.8.